The molecular formula is C18H19NO4. The van der Waals surface area contributed by atoms with E-state index >= 15 is 0 Å². The maximum atomic E-state index is 12.0. The van der Waals surface area contributed by atoms with E-state index in [1.165, 1.54) is 0 Å². The van der Waals surface area contributed by atoms with E-state index in [9.17, 15) is 14.7 Å². The van der Waals surface area contributed by atoms with Crippen molar-refractivity contribution in [3.05, 3.63) is 71.8 Å². The number of carbonyl (C=O) groups is 2. The third-order valence-electron chi connectivity index (χ3n) is 3.49. The summed E-state index contributed by atoms with van der Waals surface area (Å²) in [6.07, 6.45) is -0.326. The number of carboxylic acids is 1. The molecule has 0 amide bonds. The maximum Gasteiger partial charge on any atom is 0.324 e. The minimum atomic E-state index is -1.69. The number of aliphatic carboxylic acids is 1. The number of rotatable bonds is 7. The van der Waals surface area contributed by atoms with Crippen LogP contribution in [0, 0.1) is 0 Å². The molecule has 0 fully saturated rings. The Kier molecular flexibility index (Phi) is 5.49. The van der Waals surface area contributed by atoms with Crippen molar-refractivity contribution in [1.29, 1.82) is 0 Å². The minimum Gasteiger partial charge on any atom is -0.480 e. The Labute approximate surface area is 134 Å². The molecule has 120 valence electrons. The Balaban J connectivity index is 1.98. The zero-order chi connectivity index (χ0) is 16.7. The van der Waals surface area contributed by atoms with E-state index in [2.05, 4.69) is 0 Å². The van der Waals surface area contributed by atoms with Crippen molar-refractivity contribution < 1.29 is 19.4 Å². The Morgan fingerprint density at radius 2 is 1.48 bits per heavy atom. The molecule has 0 saturated carbocycles. The molecule has 2 aromatic carbocycles. The van der Waals surface area contributed by atoms with Gasteiger partial charge in [-0.05, 0) is 11.1 Å². The number of ether oxygens (including phenoxy) is 1. The van der Waals surface area contributed by atoms with Crippen molar-refractivity contribution in [3.63, 3.8) is 0 Å². The summed E-state index contributed by atoms with van der Waals surface area (Å²) in [5.41, 5.74) is 5.85. The first-order valence-corrected chi connectivity index (χ1v) is 7.25. The Morgan fingerprint density at radius 3 is 2.00 bits per heavy atom. The van der Waals surface area contributed by atoms with Gasteiger partial charge >= 0.3 is 11.9 Å². The molecular weight excluding hydrogens is 294 g/mol. The SMILES string of the molecule is N[C@@](CC(=O)OCc1ccccc1)(Cc1ccccc1)C(=O)O. The van der Waals surface area contributed by atoms with Gasteiger partial charge in [-0.2, -0.15) is 0 Å². The lowest BCUT2D eigenvalue weighted by Crippen LogP contribution is -2.51. The number of carboxylic acid groups (broad SMARTS) is 1. The minimum absolute atomic E-state index is 0.0591. The van der Waals surface area contributed by atoms with Crippen molar-refractivity contribution in [2.24, 2.45) is 5.73 Å². The highest BCUT2D eigenvalue weighted by Crippen LogP contribution is 2.17. The van der Waals surface area contributed by atoms with E-state index in [4.69, 9.17) is 10.5 Å². The molecule has 5 nitrogen and oxygen atoms in total. The molecule has 0 heterocycles. The van der Waals surface area contributed by atoms with Crippen LogP contribution in [0.25, 0.3) is 0 Å². The first-order valence-electron chi connectivity index (χ1n) is 7.25. The summed E-state index contributed by atoms with van der Waals surface area (Å²) in [4.78, 5) is 23.5. The van der Waals surface area contributed by atoms with E-state index in [0.717, 1.165) is 11.1 Å². The molecule has 2 rings (SSSR count). The molecule has 3 N–H and O–H groups in total. The summed E-state index contributed by atoms with van der Waals surface area (Å²) < 4.78 is 5.13. The summed E-state index contributed by atoms with van der Waals surface area (Å²) in [5.74, 6) is -1.85. The monoisotopic (exact) mass is 313 g/mol. The van der Waals surface area contributed by atoms with Crippen LogP contribution in [0.15, 0.2) is 60.7 Å². The van der Waals surface area contributed by atoms with E-state index in [1.54, 1.807) is 24.3 Å². The zero-order valence-corrected chi connectivity index (χ0v) is 12.6. The number of benzene rings is 2. The van der Waals surface area contributed by atoms with Gasteiger partial charge in [0.25, 0.3) is 0 Å². The second-order valence-corrected chi connectivity index (χ2v) is 5.45. The highest BCUT2D eigenvalue weighted by molar-refractivity contribution is 5.85. The molecule has 0 saturated heterocycles. The molecule has 2 aromatic rings. The fraction of sp³-hybridized carbons (Fsp3) is 0.222. The molecule has 23 heavy (non-hydrogen) atoms. The second kappa shape index (κ2) is 7.56. The van der Waals surface area contributed by atoms with E-state index in [0.29, 0.717) is 0 Å². The van der Waals surface area contributed by atoms with Gasteiger partial charge in [-0.25, -0.2) is 0 Å². The molecule has 5 heteroatoms. The Morgan fingerprint density at radius 1 is 0.957 bits per heavy atom. The molecule has 0 unspecified atom stereocenters. The van der Waals surface area contributed by atoms with Crippen LogP contribution in [0.1, 0.15) is 17.5 Å². The van der Waals surface area contributed by atoms with Crippen LogP contribution in [0.2, 0.25) is 0 Å². The number of hydrogen-bond donors (Lipinski definition) is 2. The molecule has 0 bridgehead atoms. The van der Waals surface area contributed by atoms with Gasteiger partial charge in [0.2, 0.25) is 0 Å². The van der Waals surface area contributed by atoms with Gasteiger partial charge in [0.05, 0.1) is 6.42 Å². The topological polar surface area (TPSA) is 89.6 Å². The Bertz CT molecular complexity index is 657. The fourth-order valence-electron chi connectivity index (χ4n) is 2.22. The Hall–Kier alpha value is -2.66. The van der Waals surface area contributed by atoms with Gasteiger partial charge in [-0.1, -0.05) is 60.7 Å². The van der Waals surface area contributed by atoms with Crippen molar-refractivity contribution in [3.8, 4) is 0 Å². The zero-order valence-electron chi connectivity index (χ0n) is 12.6. The maximum absolute atomic E-state index is 12.0. The second-order valence-electron chi connectivity index (χ2n) is 5.45. The van der Waals surface area contributed by atoms with Gasteiger partial charge in [0, 0.05) is 6.42 Å². The quantitative estimate of drug-likeness (QED) is 0.764. The van der Waals surface area contributed by atoms with Crippen LogP contribution in [0.3, 0.4) is 0 Å². The number of esters is 1. The van der Waals surface area contributed by atoms with Crippen LogP contribution >= 0.6 is 0 Å². The molecule has 1 atom stereocenters. The van der Waals surface area contributed by atoms with Crippen LogP contribution in [0.5, 0.6) is 0 Å². The predicted molar refractivity (Wildman–Crippen MR) is 85.6 cm³/mol. The number of carbonyl (C=O) groups excluding carboxylic acids is 1. The molecule has 0 aliphatic heterocycles. The summed E-state index contributed by atoms with van der Waals surface area (Å²) >= 11 is 0. The molecule has 0 spiro atoms. The fourth-order valence-corrected chi connectivity index (χ4v) is 2.22. The van der Waals surface area contributed by atoms with E-state index in [1.807, 2.05) is 36.4 Å². The van der Waals surface area contributed by atoms with Gasteiger partial charge in [-0.15, -0.1) is 0 Å². The van der Waals surface area contributed by atoms with Crippen molar-refractivity contribution >= 4 is 11.9 Å². The third kappa shape index (κ3) is 4.93. The smallest absolute Gasteiger partial charge is 0.324 e. The summed E-state index contributed by atoms with van der Waals surface area (Å²) in [7, 11) is 0. The highest BCUT2D eigenvalue weighted by Gasteiger charge is 2.37. The van der Waals surface area contributed by atoms with Gasteiger partial charge in [0.1, 0.15) is 12.1 Å². The summed E-state index contributed by atoms with van der Waals surface area (Å²) in [6.45, 7) is 0.0979. The standard InChI is InChI=1S/C18H19NO4/c19-18(17(21)22,11-14-7-3-1-4-8-14)12-16(20)23-13-15-9-5-2-6-10-15/h1-10H,11-13,19H2,(H,21,22)/t18-/m1/s1. The van der Waals surface area contributed by atoms with Crippen LogP contribution in [-0.4, -0.2) is 22.6 Å². The highest BCUT2D eigenvalue weighted by atomic mass is 16.5. The van der Waals surface area contributed by atoms with Gasteiger partial charge in [-0.3, -0.25) is 9.59 Å². The van der Waals surface area contributed by atoms with Crippen LogP contribution in [0.4, 0.5) is 0 Å². The molecule has 0 aromatic heterocycles. The molecule has 0 aliphatic carbocycles. The largest absolute Gasteiger partial charge is 0.480 e. The van der Waals surface area contributed by atoms with Crippen LogP contribution < -0.4 is 5.73 Å². The van der Waals surface area contributed by atoms with Gasteiger partial charge < -0.3 is 15.6 Å². The average Bonchev–Trinajstić information content (AvgIpc) is 2.54. The van der Waals surface area contributed by atoms with E-state index < -0.39 is 17.5 Å². The van der Waals surface area contributed by atoms with Crippen molar-refractivity contribution in [1.82, 2.24) is 0 Å². The normalized spacial score (nSPS) is 13.1. The number of hydrogen-bond acceptors (Lipinski definition) is 4. The molecule has 0 radical (unpaired) electrons. The van der Waals surface area contributed by atoms with Crippen LogP contribution in [-0.2, 0) is 27.4 Å². The van der Waals surface area contributed by atoms with E-state index in [-0.39, 0.29) is 19.4 Å². The lowest BCUT2D eigenvalue weighted by molar-refractivity contribution is -0.153. The third-order valence-corrected chi connectivity index (χ3v) is 3.49. The lowest BCUT2D eigenvalue weighted by atomic mass is 9.88. The summed E-state index contributed by atoms with van der Waals surface area (Å²) in [5, 5.41) is 9.40. The first kappa shape index (κ1) is 16.7. The lowest BCUT2D eigenvalue weighted by Gasteiger charge is -2.23. The summed E-state index contributed by atoms with van der Waals surface area (Å²) in [6, 6.07) is 18.2. The van der Waals surface area contributed by atoms with Crippen molar-refractivity contribution in [2.75, 3.05) is 0 Å². The molecule has 0 aliphatic rings. The first-order chi connectivity index (χ1) is 11.0. The predicted octanol–water partition coefficient (Wildman–Crippen LogP) is 2.14. The number of nitrogens with two attached hydrogens (primary N) is 1. The average molecular weight is 313 g/mol. The van der Waals surface area contributed by atoms with Gasteiger partial charge in [0.15, 0.2) is 0 Å². The van der Waals surface area contributed by atoms with Crippen molar-refractivity contribution in [2.45, 2.75) is 25.0 Å².